The first-order valence-electron chi connectivity index (χ1n) is 6.16. The molecule has 1 aromatic carbocycles. The number of rotatable bonds is 2. The minimum Gasteiger partial charge on any atom is -0.495 e. The number of hydrogen-bond acceptors (Lipinski definition) is 3. The van der Waals surface area contributed by atoms with E-state index in [0.717, 1.165) is 29.7 Å². The largest absolute Gasteiger partial charge is 0.495 e. The van der Waals surface area contributed by atoms with Gasteiger partial charge in [-0.05, 0) is 41.7 Å². The number of hydrogen-bond donors (Lipinski definition) is 1. The van der Waals surface area contributed by atoms with Gasteiger partial charge in [-0.3, -0.25) is 4.98 Å². The lowest BCUT2D eigenvalue weighted by molar-refractivity contribution is 0.413. The molecular formula is C15H16N2O. The predicted octanol–water partition coefficient (Wildman–Crippen LogP) is 2.70. The summed E-state index contributed by atoms with van der Waals surface area (Å²) >= 11 is 0. The fourth-order valence-corrected chi connectivity index (χ4v) is 2.50. The van der Waals surface area contributed by atoms with Crippen molar-refractivity contribution in [2.45, 2.75) is 18.9 Å². The van der Waals surface area contributed by atoms with Crippen molar-refractivity contribution in [1.29, 1.82) is 0 Å². The summed E-state index contributed by atoms with van der Waals surface area (Å²) in [5.74, 6) is 0.775. The molecule has 0 bridgehead atoms. The summed E-state index contributed by atoms with van der Waals surface area (Å²) in [6.45, 7) is 0. The highest BCUT2D eigenvalue weighted by molar-refractivity contribution is 5.66. The monoisotopic (exact) mass is 240 g/mol. The van der Waals surface area contributed by atoms with Crippen molar-refractivity contribution in [3.63, 3.8) is 0 Å². The van der Waals surface area contributed by atoms with Gasteiger partial charge in [0.05, 0.1) is 13.3 Å². The third-order valence-electron chi connectivity index (χ3n) is 3.55. The highest BCUT2D eigenvalue weighted by Gasteiger charge is 2.19. The Bertz CT molecular complexity index is 580. The van der Waals surface area contributed by atoms with Gasteiger partial charge in [-0.2, -0.15) is 0 Å². The van der Waals surface area contributed by atoms with Gasteiger partial charge in [-0.1, -0.05) is 12.1 Å². The summed E-state index contributed by atoms with van der Waals surface area (Å²) in [4.78, 5) is 4.19. The van der Waals surface area contributed by atoms with E-state index in [0.29, 0.717) is 0 Å². The van der Waals surface area contributed by atoms with Gasteiger partial charge < -0.3 is 10.5 Å². The summed E-state index contributed by atoms with van der Waals surface area (Å²) in [5, 5.41) is 0. The minimum absolute atomic E-state index is 0.179. The van der Waals surface area contributed by atoms with E-state index in [1.807, 2.05) is 12.3 Å². The van der Waals surface area contributed by atoms with Crippen LogP contribution in [-0.2, 0) is 6.42 Å². The summed E-state index contributed by atoms with van der Waals surface area (Å²) in [6, 6.07) is 8.67. The van der Waals surface area contributed by atoms with E-state index < -0.39 is 0 Å². The highest BCUT2D eigenvalue weighted by atomic mass is 16.5. The molecule has 1 aliphatic rings. The Morgan fingerprint density at radius 2 is 2.11 bits per heavy atom. The summed E-state index contributed by atoms with van der Waals surface area (Å²) in [6.07, 6.45) is 5.70. The molecule has 3 rings (SSSR count). The topological polar surface area (TPSA) is 48.1 Å². The number of nitrogens with zero attached hydrogens (tertiary/aromatic N) is 1. The molecule has 3 nitrogen and oxygen atoms in total. The van der Waals surface area contributed by atoms with Crippen LogP contribution in [0.1, 0.15) is 23.6 Å². The van der Waals surface area contributed by atoms with Crippen molar-refractivity contribution in [3.8, 4) is 16.9 Å². The molecule has 0 amide bonds. The van der Waals surface area contributed by atoms with Gasteiger partial charge in [0.15, 0.2) is 0 Å². The Morgan fingerprint density at radius 3 is 2.94 bits per heavy atom. The summed E-state index contributed by atoms with van der Waals surface area (Å²) in [7, 11) is 1.65. The third kappa shape index (κ3) is 1.87. The molecule has 0 saturated carbocycles. The van der Waals surface area contributed by atoms with E-state index in [1.54, 1.807) is 13.3 Å². The van der Waals surface area contributed by atoms with E-state index in [4.69, 9.17) is 10.5 Å². The Hall–Kier alpha value is -1.87. The zero-order chi connectivity index (χ0) is 12.5. The smallest absolute Gasteiger partial charge is 0.137 e. The lowest BCUT2D eigenvalue weighted by Gasteiger charge is -2.09. The zero-order valence-corrected chi connectivity index (χ0v) is 10.4. The van der Waals surface area contributed by atoms with E-state index in [2.05, 4.69) is 23.2 Å². The molecule has 0 spiro atoms. The molecule has 1 atom stereocenters. The molecule has 1 aliphatic carbocycles. The second-order valence-corrected chi connectivity index (χ2v) is 4.67. The molecule has 0 saturated heterocycles. The fraction of sp³-hybridized carbons (Fsp3) is 0.267. The number of fused-ring (bicyclic) bond motifs is 1. The number of aromatic nitrogens is 1. The fourth-order valence-electron chi connectivity index (χ4n) is 2.50. The molecule has 92 valence electrons. The molecule has 0 radical (unpaired) electrons. The standard InChI is InChI=1S/C15H16N2O/c1-18-13-6-12(8-17-9-13)11-3-2-10-4-5-15(16)14(10)7-11/h2-3,6-9,15H,4-5,16H2,1H3. The Kier molecular flexibility index (Phi) is 2.76. The van der Waals surface area contributed by atoms with Gasteiger partial charge in [0.2, 0.25) is 0 Å². The first-order valence-corrected chi connectivity index (χ1v) is 6.16. The van der Waals surface area contributed by atoms with Gasteiger partial charge >= 0.3 is 0 Å². The first kappa shape index (κ1) is 11.2. The Balaban J connectivity index is 2.04. The molecule has 2 aromatic rings. The van der Waals surface area contributed by atoms with Crippen LogP contribution < -0.4 is 10.5 Å². The lowest BCUT2D eigenvalue weighted by atomic mass is 10.0. The van der Waals surface area contributed by atoms with Crippen LogP contribution in [0.2, 0.25) is 0 Å². The van der Waals surface area contributed by atoms with Crippen LogP contribution in [0.4, 0.5) is 0 Å². The SMILES string of the molecule is COc1cncc(-c2ccc3c(c2)C(N)CC3)c1. The average Bonchev–Trinajstić information content (AvgIpc) is 2.80. The molecule has 0 fully saturated rings. The van der Waals surface area contributed by atoms with Crippen LogP contribution in [0.5, 0.6) is 5.75 Å². The van der Waals surface area contributed by atoms with Gasteiger partial charge in [0.25, 0.3) is 0 Å². The van der Waals surface area contributed by atoms with Gasteiger partial charge in [0, 0.05) is 17.8 Å². The van der Waals surface area contributed by atoms with Crippen molar-refractivity contribution in [3.05, 3.63) is 47.8 Å². The summed E-state index contributed by atoms with van der Waals surface area (Å²) in [5.41, 5.74) is 11.0. The molecule has 1 aromatic heterocycles. The Labute approximate surface area is 107 Å². The second kappa shape index (κ2) is 4.42. The number of benzene rings is 1. The maximum atomic E-state index is 6.11. The molecule has 1 heterocycles. The molecule has 2 N–H and O–H groups in total. The highest BCUT2D eigenvalue weighted by Crippen LogP contribution is 2.33. The number of aryl methyl sites for hydroxylation is 1. The number of nitrogens with two attached hydrogens (primary N) is 1. The van der Waals surface area contributed by atoms with E-state index in [1.165, 1.54) is 11.1 Å². The zero-order valence-electron chi connectivity index (χ0n) is 10.4. The van der Waals surface area contributed by atoms with Crippen molar-refractivity contribution < 1.29 is 4.74 Å². The quantitative estimate of drug-likeness (QED) is 0.878. The van der Waals surface area contributed by atoms with Crippen LogP contribution in [0, 0.1) is 0 Å². The molecule has 18 heavy (non-hydrogen) atoms. The summed E-state index contributed by atoms with van der Waals surface area (Å²) < 4.78 is 5.20. The van der Waals surface area contributed by atoms with E-state index in [9.17, 15) is 0 Å². The molecule has 0 aliphatic heterocycles. The molecule has 3 heteroatoms. The molecular weight excluding hydrogens is 224 g/mol. The van der Waals surface area contributed by atoms with E-state index in [-0.39, 0.29) is 6.04 Å². The van der Waals surface area contributed by atoms with Crippen LogP contribution in [0.3, 0.4) is 0 Å². The van der Waals surface area contributed by atoms with Gasteiger partial charge in [-0.25, -0.2) is 0 Å². The maximum Gasteiger partial charge on any atom is 0.137 e. The normalized spacial score (nSPS) is 17.6. The van der Waals surface area contributed by atoms with Crippen molar-refractivity contribution in [2.24, 2.45) is 5.73 Å². The van der Waals surface area contributed by atoms with Gasteiger partial charge in [-0.15, -0.1) is 0 Å². The van der Waals surface area contributed by atoms with Crippen molar-refractivity contribution >= 4 is 0 Å². The average molecular weight is 240 g/mol. The minimum atomic E-state index is 0.179. The van der Waals surface area contributed by atoms with Crippen LogP contribution in [-0.4, -0.2) is 12.1 Å². The van der Waals surface area contributed by atoms with Crippen molar-refractivity contribution in [2.75, 3.05) is 7.11 Å². The van der Waals surface area contributed by atoms with Crippen LogP contribution >= 0.6 is 0 Å². The van der Waals surface area contributed by atoms with Crippen molar-refractivity contribution in [1.82, 2.24) is 4.98 Å². The third-order valence-corrected chi connectivity index (χ3v) is 3.55. The van der Waals surface area contributed by atoms with E-state index >= 15 is 0 Å². The number of methoxy groups -OCH3 is 1. The Morgan fingerprint density at radius 1 is 1.22 bits per heavy atom. The second-order valence-electron chi connectivity index (χ2n) is 4.67. The maximum absolute atomic E-state index is 6.11. The predicted molar refractivity (Wildman–Crippen MR) is 71.5 cm³/mol. The molecule has 1 unspecified atom stereocenters. The van der Waals surface area contributed by atoms with Gasteiger partial charge in [0.1, 0.15) is 5.75 Å². The van der Waals surface area contributed by atoms with Crippen LogP contribution in [0.25, 0.3) is 11.1 Å². The number of ether oxygens (including phenoxy) is 1. The van der Waals surface area contributed by atoms with Crippen LogP contribution in [0.15, 0.2) is 36.7 Å². The number of pyridine rings is 1. The first-order chi connectivity index (χ1) is 8.78. The lowest BCUT2D eigenvalue weighted by Crippen LogP contribution is -2.05.